The van der Waals surface area contributed by atoms with Crippen LogP contribution in [0.5, 0.6) is 11.5 Å². The number of hydrogen-bond acceptors (Lipinski definition) is 7. The molecular weight excluding hydrogens is 490 g/mol. The van der Waals surface area contributed by atoms with Crippen molar-refractivity contribution in [1.29, 1.82) is 0 Å². The van der Waals surface area contributed by atoms with E-state index in [4.69, 9.17) is 18.9 Å². The second-order valence-electron chi connectivity index (χ2n) is 8.99. The van der Waals surface area contributed by atoms with Crippen molar-refractivity contribution in [3.05, 3.63) is 44.7 Å². The Morgan fingerprint density at radius 1 is 1.15 bits per heavy atom. The topological polar surface area (TPSA) is 83.1 Å². The van der Waals surface area contributed by atoms with Crippen LogP contribution < -0.4 is 14.8 Å². The highest BCUT2D eigenvalue weighted by Crippen LogP contribution is 2.49. The quantitative estimate of drug-likeness (QED) is 0.393. The molecule has 1 N–H and O–H groups in total. The molecule has 0 amide bonds. The van der Waals surface area contributed by atoms with Crippen LogP contribution in [0, 0.1) is 5.41 Å². The summed E-state index contributed by atoms with van der Waals surface area (Å²) in [5.41, 5.74) is 3.11. The summed E-state index contributed by atoms with van der Waals surface area (Å²) in [6.45, 7) is 8.88. The van der Waals surface area contributed by atoms with E-state index in [-0.39, 0.29) is 17.8 Å². The van der Waals surface area contributed by atoms with Crippen LogP contribution in [0.1, 0.15) is 52.0 Å². The van der Waals surface area contributed by atoms with E-state index < -0.39 is 11.9 Å². The van der Waals surface area contributed by atoms with E-state index in [1.54, 1.807) is 20.3 Å². The van der Waals surface area contributed by atoms with Crippen molar-refractivity contribution < 1.29 is 28.5 Å². The smallest absolute Gasteiger partial charge is 0.336 e. The largest absolute Gasteiger partial charge is 0.493 e. The number of benzene rings is 1. The van der Waals surface area contributed by atoms with Gasteiger partial charge in [0.1, 0.15) is 6.61 Å². The zero-order valence-electron chi connectivity index (χ0n) is 20.1. The van der Waals surface area contributed by atoms with Crippen molar-refractivity contribution in [2.75, 3.05) is 34.0 Å². The zero-order chi connectivity index (χ0) is 24.3. The number of Topliss-reactive ketones (excluding diaryl/α,β-unsaturated/α-hetero) is 1. The van der Waals surface area contributed by atoms with Crippen LogP contribution in [-0.4, -0.2) is 45.8 Å². The molecule has 33 heavy (non-hydrogen) atoms. The standard InChI is InChI=1S/C25H32BrNO6/c1-7-32-8-9-33-24(29)21-14(2)27-17-12-25(3,4)13-18(28)23(17)22(21)15-10-19(30-5)20(31-6)11-16(15)26/h10-11,22,27H,7-9,12-13H2,1-6H3/t22-/m0/s1. The monoisotopic (exact) mass is 521 g/mol. The zero-order valence-corrected chi connectivity index (χ0v) is 21.7. The molecular formula is C25H32BrNO6. The van der Waals surface area contributed by atoms with Gasteiger partial charge < -0.3 is 24.3 Å². The van der Waals surface area contributed by atoms with Gasteiger partial charge in [-0.2, -0.15) is 0 Å². The molecule has 1 aliphatic carbocycles. The summed E-state index contributed by atoms with van der Waals surface area (Å²) < 4.78 is 22.5. The molecule has 0 saturated heterocycles. The fourth-order valence-electron chi connectivity index (χ4n) is 4.52. The number of ketones is 1. The lowest BCUT2D eigenvalue weighted by atomic mass is 9.68. The Morgan fingerprint density at radius 3 is 2.45 bits per heavy atom. The lowest BCUT2D eigenvalue weighted by molar-refractivity contribution is -0.140. The van der Waals surface area contributed by atoms with E-state index in [1.807, 2.05) is 19.9 Å². The summed E-state index contributed by atoms with van der Waals surface area (Å²) in [5.74, 6) is 0.0114. The first-order chi connectivity index (χ1) is 15.6. The Morgan fingerprint density at radius 2 is 1.82 bits per heavy atom. The average Bonchev–Trinajstić information content (AvgIpc) is 2.74. The van der Waals surface area contributed by atoms with Crippen LogP contribution in [-0.2, 0) is 19.1 Å². The summed E-state index contributed by atoms with van der Waals surface area (Å²) in [6.07, 6.45) is 1.11. The molecule has 1 aromatic rings. The lowest BCUT2D eigenvalue weighted by Gasteiger charge is -2.39. The first kappa shape index (κ1) is 25.3. The van der Waals surface area contributed by atoms with Gasteiger partial charge in [0.2, 0.25) is 0 Å². The Balaban J connectivity index is 2.14. The molecule has 0 unspecified atom stereocenters. The predicted molar refractivity (Wildman–Crippen MR) is 128 cm³/mol. The third-order valence-corrected chi connectivity index (χ3v) is 6.63. The molecule has 0 saturated carbocycles. The summed E-state index contributed by atoms with van der Waals surface area (Å²) in [5, 5.41) is 3.34. The molecule has 2 aliphatic rings. The molecule has 1 aromatic carbocycles. The number of halogens is 1. The molecule has 1 heterocycles. The second-order valence-corrected chi connectivity index (χ2v) is 9.85. The molecule has 7 nitrogen and oxygen atoms in total. The normalized spacial score (nSPS) is 19.7. The summed E-state index contributed by atoms with van der Waals surface area (Å²) >= 11 is 3.63. The van der Waals surface area contributed by atoms with E-state index in [9.17, 15) is 9.59 Å². The molecule has 0 spiro atoms. The maximum atomic E-state index is 13.4. The number of esters is 1. The molecule has 1 atom stereocenters. The van der Waals surface area contributed by atoms with Crippen LogP contribution in [0.2, 0.25) is 0 Å². The summed E-state index contributed by atoms with van der Waals surface area (Å²) in [6, 6.07) is 3.61. The average molecular weight is 522 g/mol. The Labute approximate surface area is 203 Å². The van der Waals surface area contributed by atoms with Crippen LogP contribution in [0.25, 0.3) is 0 Å². The third-order valence-electron chi connectivity index (χ3n) is 5.94. The number of hydrogen-bond donors (Lipinski definition) is 1. The number of ether oxygens (including phenoxy) is 4. The van der Waals surface area contributed by atoms with Gasteiger partial charge in [-0.25, -0.2) is 4.79 Å². The minimum atomic E-state index is -0.598. The van der Waals surface area contributed by atoms with Gasteiger partial charge in [0.05, 0.1) is 26.4 Å². The van der Waals surface area contributed by atoms with E-state index in [1.165, 1.54) is 0 Å². The molecule has 0 fully saturated rings. The minimum absolute atomic E-state index is 0.0209. The van der Waals surface area contributed by atoms with Crippen LogP contribution in [0.4, 0.5) is 0 Å². The van der Waals surface area contributed by atoms with Gasteiger partial charge in [-0.1, -0.05) is 29.8 Å². The van der Waals surface area contributed by atoms with Gasteiger partial charge in [-0.05, 0) is 43.4 Å². The second kappa shape index (κ2) is 10.3. The SMILES string of the molecule is CCOCCOC(=O)C1=C(C)NC2=C(C(=O)CC(C)(C)C2)[C@H]1c1cc(OC)c(OC)cc1Br. The van der Waals surface area contributed by atoms with E-state index in [0.29, 0.717) is 58.9 Å². The Kier molecular flexibility index (Phi) is 7.90. The van der Waals surface area contributed by atoms with Crippen molar-refractivity contribution in [1.82, 2.24) is 5.32 Å². The highest BCUT2D eigenvalue weighted by molar-refractivity contribution is 9.10. The molecule has 180 valence electrons. The van der Waals surface area contributed by atoms with Crippen molar-refractivity contribution in [2.24, 2.45) is 5.41 Å². The van der Waals surface area contributed by atoms with Gasteiger partial charge in [-0.3, -0.25) is 4.79 Å². The highest BCUT2D eigenvalue weighted by atomic mass is 79.9. The van der Waals surface area contributed by atoms with E-state index in [0.717, 1.165) is 11.3 Å². The minimum Gasteiger partial charge on any atom is -0.493 e. The molecule has 8 heteroatoms. The van der Waals surface area contributed by atoms with Crippen LogP contribution in [0.15, 0.2) is 39.1 Å². The maximum Gasteiger partial charge on any atom is 0.336 e. The van der Waals surface area contributed by atoms with E-state index in [2.05, 4.69) is 35.1 Å². The number of methoxy groups -OCH3 is 2. The number of dihydropyridines is 1. The van der Waals surface area contributed by atoms with Gasteiger partial charge >= 0.3 is 5.97 Å². The number of carbonyl (C=O) groups is 2. The van der Waals surface area contributed by atoms with Gasteiger partial charge in [-0.15, -0.1) is 0 Å². The van der Waals surface area contributed by atoms with Crippen LogP contribution in [0.3, 0.4) is 0 Å². The molecule has 0 radical (unpaired) electrons. The Bertz CT molecular complexity index is 1010. The molecule has 1 aliphatic heterocycles. The van der Waals surface area contributed by atoms with Gasteiger partial charge in [0, 0.05) is 40.4 Å². The third kappa shape index (κ3) is 5.27. The number of carbonyl (C=O) groups excluding carboxylic acids is 2. The molecule has 0 bridgehead atoms. The first-order valence-corrected chi connectivity index (χ1v) is 11.8. The first-order valence-electron chi connectivity index (χ1n) is 11.0. The molecule has 3 rings (SSSR count). The summed E-state index contributed by atoms with van der Waals surface area (Å²) in [4.78, 5) is 26.7. The number of allylic oxidation sites excluding steroid dienone is 3. The number of rotatable bonds is 8. The number of nitrogens with one attached hydrogen (secondary N) is 1. The van der Waals surface area contributed by atoms with Crippen molar-refractivity contribution >= 4 is 27.7 Å². The van der Waals surface area contributed by atoms with Gasteiger partial charge in [0.25, 0.3) is 0 Å². The fraction of sp³-hybridized carbons (Fsp3) is 0.520. The highest BCUT2D eigenvalue weighted by Gasteiger charge is 2.44. The maximum absolute atomic E-state index is 13.4. The van der Waals surface area contributed by atoms with Gasteiger partial charge in [0.15, 0.2) is 17.3 Å². The van der Waals surface area contributed by atoms with Crippen LogP contribution >= 0.6 is 15.9 Å². The Hall–Kier alpha value is -2.32. The van der Waals surface area contributed by atoms with E-state index >= 15 is 0 Å². The van der Waals surface area contributed by atoms with Crippen molar-refractivity contribution in [3.8, 4) is 11.5 Å². The fourth-order valence-corrected chi connectivity index (χ4v) is 5.08. The van der Waals surface area contributed by atoms with Crippen molar-refractivity contribution in [3.63, 3.8) is 0 Å². The predicted octanol–water partition coefficient (Wildman–Crippen LogP) is 4.65. The summed E-state index contributed by atoms with van der Waals surface area (Å²) in [7, 11) is 3.12. The molecule has 0 aromatic heterocycles. The van der Waals surface area contributed by atoms with Crippen molar-refractivity contribution in [2.45, 2.75) is 46.5 Å². The lowest BCUT2D eigenvalue weighted by Crippen LogP contribution is -2.39.